The molecule has 1 saturated heterocycles. The van der Waals surface area contributed by atoms with Crippen molar-refractivity contribution in [2.45, 2.75) is 37.6 Å². The second kappa shape index (κ2) is 8.96. The largest absolute Gasteiger partial charge is 0.369 e. The molecule has 30 heavy (non-hydrogen) atoms. The third-order valence-corrected chi connectivity index (χ3v) is 7.74. The van der Waals surface area contributed by atoms with Gasteiger partial charge in [0.1, 0.15) is 0 Å². The van der Waals surface area contributed by atoms with Crippen LogP contribution < -0.4 is 10.2 Å². The van der Waals surface area contributed by atoms with Crippen molar-refractivity contribution in [1.29, 1.82) is 0 Å². The van der Waals surface area contributed by atoms with Gasteiger partial charge in [0.2, 0.25) is 10.0 Å². The van der Waals surface area contributed by atoms with E-state index in [1.165, 1.54) is 22.5 Å². The molecule has 0 spiro atoms. The summed E-state index contributed by atoms with van der Waals surface area (Å²) in [7, 11) is -3.72. The molecule has 162 valence electrons. The lowest BCUT2D eigenvalue weighted by Crippen LogP contribution is -2.48. The van der Waals surface area contributed by atoms with Gasteiger partial charge in [0.15, 0.2) is 0 Å². The molecule has 2 aromatic rings. The Balaban J connectivity index is 1.77. The number of nitrogens with one attached hydrogen (secondary N) is 1. The third-order valence-electron chi connectivity index (χ3n) is 5.52. The fourth-order valence-corrected chi connectivity index (χ4v) is 4.93. The molecular weight excluding hydrogens is 422 g/mol. The van der Waals surface area contributed by atoms with Gasteiger partial charge in [-0.25, -0.2) is 8.42 Å². The number of sulfonamides is 1. The van der Waals surface area contributed by atoms with E-state index in [-0.39, 0.29) is 21.4 Å². The molecule has 0 aromatic heterocycles. The van der Waals surface area contributed by atoms with Crippen LogP contribution in [-0.4, -0.2) is 50.3 Å². The van der Waals surface area contributed by atoms with Crippen molar-refractivity contribution in [2.75, 3.05) is 31.1 Å². The molecule has 0 atom stereocenters. The predicted molar refractivity (Wildman–Crippen MR) is 121 cm³/mol. The monoisotopic (exact) mass is 449 g/mol. The highest BCUT2D eigenvalue weighted by atomic mass is 35.5. The number of nitrogens with zero attached hydrogens (tertiary/aromatic N) is 2. The van der Waals surface area contributed by atoms with Crippen LogP contribution in [0.15, 0.2) is 53.4 Å². The number of carbonyl (C=O) groups excluding carboxylic acids is 1. The van der Waals surface area contributed by atoms with Crippen molar-refractivity contribution >= 4 is 33.2 Å². The molecule has 1 aliphatic heterocycles. The van der Waals surface area contributed by atoms with Crippen molar-refractivity contribution < 1.29 is 13.2 Å². The first-order chi connectivity index (χ1) is 14.1. The highest BCUT2D eigenvalue weighted by Crippen LogP contribution is 2.25. The fourth-order valence-electron chi connectivity index (χ4n) is 3.28. The number of carbonyl (C=O) groups is 1. The summed E-state index contributed by atoms with van der Waals surface area (Å²) in [6, 6.07) is 14.3. The number of anilines is 1. The van der Waals surface area contributed by atoms with Gasteiger partial charge >= 0.3 is 0 Å². The average molecular weight is 450 g/mol. The molecule has 2 aromatic carbocycles. The van der Waals surface area contributed by atoms with Gasteiger partial charge in [-0.1, -0.05) is 36.7 Å². The summed E-state index contributed by atoms with van der Waals surface area (Å²) < 4.78 is 27.8. The predicted octanol–water partition coefficient (Wildman–Crippen LogP) is 3.77. The summed E-state index contributed by atoms with van der Waals surface area (Å²) >= 11 is 6.21. The third kappa shape index (κ3) is 4.96. The topological polar surface area (TPSA) is 69.7 Å². The minimum atomic E-state index is -3.72. The Hall–Kier alpha value is -2.09. The van der Waals surface area contributed by atoms with E-state index in [9.17, 15) is 13.2 Å². The summed E-state index contributed by atoms with van der Waals surface area (Å²) in [6.07, 6.45) is 0.736. The number of benzene rings is 2. The maximum absolute atomic E-state index is 13.2. The maximum Gasteiger partial charge on any atom is 0.253 e. The van der Waals surface area contributed by atoms with E-state index >= 15 is 0 Å². The van der Waals surface area contributed by atoms with Crippen LogP contribution in [0.2, 0.25) is 5.02 Å². The molecule has 0 saturated carbocycles. The second-order valence-corrected chi connectivity index (χ2v) is 10.4. The standard InChI is InChI=1S/C22H28ClN3O3S/c1-4-22(2,3)24-21(27)19-16-18(10-11-20(19)23)30(28,29)26-14-12-25(13-15-26)17-8-6-5-7-9-17/h5-11,16H,4,12-15H2,1-3H3,(H,24,27). The van der Waals surface area contributed by atoms with E-state index < -0.39 is 15.6 Å². The Morgan fingerprint density at radius 3 is 2.30 bits per heavy atom. The number of piperazine rings is 1. The van der Waals surface area contributed by atoms with Crippen molar-refractivity contribution in [2.24, 2.45) is 0 Å². The molecule has 1 fully saturated rings. The molecule has 8 heteroatoms. The van der Waals surface area contributed by atoms with Crippen molar-refractivity contribution in [3.8, 4) is 0 Å². The Labute approximate surface area is 183 Å². The summed E-state index contributed by atoms with van der Waals surface area (Å²) in [4.78, 5) is 14.9. The molecule has 0 aliphatic carbocycles. The van der Waals surface area contributed by atoms with Crippen LogP contribution in [0.25, 0.3) is 0 Å². The number of hydrogen-bond donors (Lipinski definition) is 1. The van der Waals surface area contributed by atoms with Crippen LogP contribution in [-0.2, 0) is 10.0 Å². The normalized spacial score (nSPS) is 15.8. The van der Waals surface area contributed by atoms with Crippen LogP contribution in [0.1, 0.15) is 37.6 Å². The first kappa shape index (κ1) is 22.6. The first-order valence-electron chi connectivity index (χ1n) is 10.1. The Morgan fingerprint density at radius 2 is 1.70 bits per heavy atom. The van der Waals surface area contributed by atoms with E-state index in [0.717, 1.165) is 12.1 Å². The number of halogens is 1. The molecular formula is C22H28ClN3O3S. The molecule has 1 aliphatic rings. The van der Waals surface area contributed by atoms with Gasteiger partial charge in [-0.05, 0) is 50.6 Å². The highest BCUT2D eigenvalue weighted by Gasteiger charge is 2.30. The molecule has 6 nitrogen and oxygen atoms in total. The highest BCUT2D eigenvalue weighted by molar-refractivity contribution is 7.89. The Bertz CT molecular complexity index is 1000. The zero-order chi connectivity index (χ0) is 21.9. The van der Waals surface area contributed by atoms with Crippen LogP contribution >= 0.6 is 11.6 Å². The van der Waals surface area contributed by atoms with Gasteiger partial charge in [0.05, 0.1) is 15.5 Å². The lowest BCUT2D eigenvalue weighted by Gasteiger charge is -2.35. The molecule has 3 rings (SSSR count). The van der Waals surface area contributed by atoms with Crippen molar-refractivity contribution in [3.05, 3.63) is 59.1 Å². The van der Waals surface area contributed by atoms with Gasteiger partial charge < -0.3 is 10.2 Å². The lowest BCUT2D eigenvalue weighted by molar-refractivity contribution is 0.0911. The van der Waals surface area contributed by atoms with Crippen molar-refractivity contribution in [3.63, 3.8) is 0 Å². The van der Waals surface area contributed by atoms with Gasteiger partial charge in [0.25, 0.3) is 5.91 Å². The van der Waals surface area contributed by atoms with Crippen LogP contribution in [0.5, 0.6) is 0 Å². The Kier molecular flexibility index (Phi) is 6.75. The lowest BCUT2D eigenvalue weighted by atomic mass is 10.0. The van der Waals surface area contributed by atoms with Gasteiger partial charge in [-0.2, -0.15) is 4.31 Å². The van der Waals surface area contributed by atoms with Gasteiger partial charge in [-0.15, -0.1) is 0 Å². The van der Waals surface area contributed by atoms with Gasteiger partial charge in [0, 0.05) is 37.4 Å². The quantitative estimate of drug-likeness (QED) is 0.728. The second-order valence-electron chi connectivity index (χ2n) is 8.06. The van der Waals surface area contributed by atoms with E-state index in [1.54, 1.807) is 0 Å². The minimum absolute atomic E-state index is 0.0829. The smallest absolute Gasteiger partial charge is 0.253 e. The van der Waals surface area contributed by atoms with E-state index in [2.05, 4.69) is 10.2 Å². The van der Waals surface area contributed by atoms with Crippen LogP contribution in [0.3, 0.4) is 0 Å². The molecule has 0 bridgehead atoms. The fraction of sp³-hybridized carbons (Fsp3) is 0.409. The zero-order valence-electron chi connectivity index (χ0n) is 17.6. The summed E-state index contributed by atoms with van der Waals surface area (Å²) in [6.45, 7) is 7.76. The number of hydrogen-bond acceptors (Lipinski definition) is 4. The van der Waals surface area contributed by atoms with Crippen molar-refractivity contribution in [1.82, 2.24) is 9.62 Å². The number of para-hydroxylation sites is 1. The minimum Gasteiger partial charge on any atom is -0.369 e. The molecule has 1 heterocycles. The zero-order valence-corrected chi connectivity index (χ0v) is 19.1. The van der Waals surface area contributed by atoms with Gasteiger partial charge in [-0.3, -0.25) is 4.79 Å². The number of amides is 1. The van der Waals surface area contributed by atoms with E-state index in [4.69, 9.17) is 11.6 Å². The summed E-state index contributed by atoms with van der Waals surface area (Å²) in [5.41, 5.74) is 0.837. The average Bonchev–Trinajstić information content (AvgIpc) is 2.74. The number of rotatable bonds is 6. The van der Waals surface area contributed by atoms with Crippen LogP contribution in [0.4, 0.5) is 5.69 Å². The molecule has 0 unspecified atom stereocenters. The van der Waals surface area contributed by atoms with E-state index in [0.29, 0.717) is 26.2 Å². The summed E-state index contributed by atoms with van der Waals surface area (Å²) in [5, 5.41) is 3.14. The first-order valence-corrected chi connectivity index (χ1v) is 11.9. The maximum atomic E-state index is 13.2. The summed E-state index contributed by atoms with van der Waals surface area (Å²) in [5.74, 6) is -0.377. The van der Waals surface area contributed by atoms with Crippen LogP contribution in [0, 0.1) is 0 Å². The van der Waals surface area contributed by atoms with E-state index in [1.807, 2.05) is 51.1 Å². The SMILES string of the molecule is CCC(C)(C)NC(=O)c1cc(S(=O)(=O)N2CCN(c3ccccc3)CC2)ccc1Cl. The molecule has 1 amide bonds. The Morgan fingerprint density at radius 1 is 1.07 bits per heavy atom. The molecule has 0 radical (unpaired) electrons. The molecule has 1 N–H and O–H groups in total.